The van der Waals surface area contributed by atoms with Gasteiger partial charge in [0.2, 0.25) is 0 Å². The van der Waals surface area contributed by atoms with E-state index in [-0.39, 0.29) is 11.9 Å². The van der Waals surface area contributed by atoms with Crippen molar-refractivity contribution < 1.29 is 9.53 Å². The van der Waals surface area contributed by atoms with Gasteiger partial charge in [-0.2, -0.15) is 0 Å². The topological polar surface area (TPSA) is 26.3 Å². The number of esters is 1. The first kappa shape index (κ1) is 9.56. The normalized spacial score (nSPS) is 28.8. The van der Waals surface area contributed by atoms with Crippen molar-refractivity contribution in [1.82, 2.24) is 0 Å². The first-order chi connectivity index (χ1) is 5.77. The van der Waals surface area contributed by atoms with Crippen LogP contribution in [0.15, 0.2) is 0 Å². The van der Waals surface area contributed by atoms with E-state index in [0.717, 1.165) is 18.8 Å². The standard InChI is InChI=1S/C10H18O2/c1-3-4-8-5-6-9(7-8)10(11)12-2/h8-9H,3-7H2,1-2H3. The zero-order chi connectivity index (χ0) is 8.97. The van der Waals surface area contributed by atoms with Gasteiger partial charge in [0.15, 0.2) is 0 Å². The third-order valence-corrected chi connectivity index (χ3v) is 2.77. The fourth-order valence-corrected chi connectivity index (χ4v) is 2.13. The number of hydrogen-bond acceptors (Lipinski definition) is 2. The summed E-state index contributed by atoms with van der Waals surface area (Å²) in [7, 11) is 1.48. The second-order valence-corrected chi connectivity index (χ2v) is 3.69. The van der Waals surface area contributed by atoms with Crippen LogP contribution >= 0.6 is 0 Å². The Hall–Kier alpha value is -0.530. The van der Waals surface area contributed by atoms with Gasteiger partial charge >= 0.3 is 5.97 Å². The monoisotopic (exact) mass is 170 g/mol. The van der Waals surface area contributed by atoms with Crippen LogP contribution < -0.4 is 0 Å². The molecule has 1 aliphatic carbocycles. The number of ether oxygens (including phenoxy) is 1. The molecule has 0 spiro atoms. The van der Waals surface area contributed by atoms with Gasteiger partial charge in [0, 0.05) is 0 Å². The fraction of sp³-hybridized carbons (Fsp3) is 0.900. The summed E-state index contributed by atoms with van der Waals surface area (Å²) >= 11 is 0. The summed E-state index contributed by atoms with van der Waals surface area (Å²) < 4.78 is 4.72. The first-order valence-corrected chi connectivity index (χ1v) is 4.85. The van der Waals surface area contributed by atoms with Gasteiger partial charge in [0.05, 0.1) is 13.0 Å². The van der Waals surface area contributed by atoms with Crippen LogP contribution in [0.1, 0.15) is 39.0 Å². The molecule has 0 aromatic heterocycles. The molecule has 1 saturated carbocycles. The molecular formula is C10H18O2. The quantitative estimate of drug-likeness (QED) is 0.608. The first-order valence-electron chi connectivity index (χ1n) is 4.85. The minimum absolute atomic E-state index is 0.00592. The molecule has 2 unspecified atom stereocenters. The van der Waals surface area contributed by atoms with E-state index in [0.29, 0.717) is 0 Å². The summed E-state index contributed by atoms with van der Waals surface area (Å²) in [5.74, 6) is 0.972. The molecule has 1 rings (SSSR count). The van der Waals surface area contributed by atoms with E-state index in [1.807, 2.05) is 0 Å². The Balaban J connectivity index is 2.30. The van der Waals surface area contributed by atoms with Gasteiger partial charge in [0.1, 0.15) is 0 Å². The number of methoxy groups -OCH3 is 1. The lowest BCUT2D eigenvalue weighted by molar-refractivity contribution is -0.145. The van der Waals surface area contributed by atoms with Gasteiger partial charge in [-0.05, 0) is 25.2 Å². The Morgan fingerprint density at radius 3 is 2.83 bits per heavy atom. The molecule has 0 radical (unpaired) electrons. The van der Waals surface area contributed by atoms with Crippen molar-refractivity contribution in [2.75, 3.05) is 7.11 Å². The van der Waals surface area contributed by atoms with E-state index in [9.17, 15) is 4.79 Å². The molecule has 0 saturated heterocycles. The molecule has 0 amide bonds. The summed E-state index contributed by atoms with van der Waals surface area (Å²) in [5, 5.41) is 0. The van der Waals surface area contributed by atoms with Crippen LogP contribution in [0.2, 0.25) is 0 Å². The lowest BCUT2D eigenvalue weighted by Gasteiger charge is -2.07. The van der Waals surface area contributed by atoms with Gasteiger partial charge in [-0.15, -0.1) is 0 Å². The molecule has 12 heavy (non-hydrogen) atoms. The van der Waals surface area contributed by atoms with Crippen molar-refractivity contribution in [3.8, 4) is 0 Å². The SMILES string of the molecule is CCCC1CCC(C(=O)OC)C1. The van der Waals surface area contributed by atoms with E-state index >= 15 is 0 Å². The second-order valence-electron chi connectivity index (χ2n) is 3.69. The molecule has 1 fully saturated rings. The van der Waals surface area contributed by atoms with Crippen molar-refractivity contribution in [3.63, 3.8) is 0 Å². The van der Waals surface area contributed by atoms with Gasteiger partial charge in [-0.3, -0.25) is 4.79 Å². The van der Waals surface area contributed by atoms with Gasteiger partial charge < -0.3 is 4.74 Å². The zero-order valence-corrected chi connectivity index (χ0v) is 8.01. The Morgan fingerprint density at radius 2 is 2.25 bits per heavy atom. The van der Waals surface area contributed by atoms with Crippen molar-refractivity contribution in [2.45, 2.75) is 39.0 Å². The van der Waals surface area contributed by atoms with Crippen LogP contribution in [0.5, 0.6) is 0 Å². The molecule has 0 aromatic carbocycles. The number of carbonyl (C=O) groups excluding carboxylic acids is 1. The lowest BCUT2D eigenvalue weighted by atomic mass is 10.0. The number of hydrogen-bond donors (Lipinski definition) is 0. The van der Waals surface area contributed by atoms with Gasteiger partial charge in [-0.1, -0.05) is 19.8 Å². The van der Waals surface area contributed by atoms with Crippen molar-refractivity contribution in [3.05, 3.63) is 0 Å². The van der Waals surface area contributed by atoms with E-state index in [1.165, 1.54) is 26.4 Å². The third kappa shape index (κ3) is 2.23. The highest BCUT2D eigenvalue weighted by atomic mass is 16.5. The van der Waals surface area contributed by atoms with Gasteiger partial charge in [-0.25, -0.2) is 0 Å². The minimum Gasteiger partial charge on any atom is -0.469 e. The van der Waals surface area contributed by atoms with Crippen LogP contribution in [-0.2, 0) is 9.53 Å². The Labute approximate surface area is 74.3 Å². The van der Waals surface area contributed by atoms with Crippen LogP contribution in [0.3, 0.4) is 0 Å². The average molecular weight is 170 g/mol. The molecule has 2 nitrogen and oxygen atoms in total. The Kier molecular flexibility index (Phi) is 3.57. The maximum atomic E-state index is 11.1. The second kappa shape index (κ2) is 4.48. The average Bonchev–Trinajstić information content (AvgIpc) is 2.52. The zero-order valence-electron chi connectivity index (χ0n) is 8.01. The third-order valence-electron chi connectivity index (χ3n) is 2.77. The molecule has 1 aliphatic rings. The predicted octanol–water partition coefficient (Wildman–Crippen LogP) is 2.38. The lowest BCUT2D eigenvalue weighted by Crippen LogP contribution is -2.12. The summed E-state index contributed by atoms with van der Waals surface area (Å²) in [4.78, 5) is 11.1. The van der Waals surface area contributed by atoms with Crippen LogP contribution in [0, 0.1) is 11.8 Å². The van der Waals surface area contributed by atoms with Crippen LogP contribution in [0.25, 0.3) is 0 Å². The van der Waals surface area contributed by atoms with Crippen LogP contribution in [0.4, 0.5) is 0 Å². The molecule has 70 valence electrons. The molecule has 0 N–H and O–H groups in total. The highest BCUT2D eigenvalue weighted by Crippen LogP contribution is 2.34. The Bertz CT molecular complexity index is 154. The van der Waals surface area contributed by atoms with Crippen LogP contribution in [-0.4, -0.2) is 13.1 Å². The molecule has 0 aliphatic heterocycles. The summed E-state index contributed by atoms with van der Waals surface area (Å²) in [6.45, 7) is 2.20. The van der Waals surface area contributed by atoms with Crippen molar-refractivity contribution >= 4 is 5.97 Å². The van der Waals surface area contributed by atoms with Gasteiger partial charge in [0.25, 0.3) is 0 Å². The molecule has 2 atom stereocenters. The number of carbonyl (C=O) groups is 1. The highest BCUT2D eigenvalue weighted by Gasteiger charge is 2.29. The minimum atomic E-state index is -0.00592. The van der Waals surface area contributed by atoms with E-state index in [1.54, 1.807) is 0 Å². The van der Waals surface area contributed by atoms with E-state index in [2.05, 4.69) is 6.92 Å². The summed E-state index contributed by atoms with van der Waals surface area (Å²) in [6.07, 6.45) is 5.82. The molecular weight excluding hydrogens is 152 g/mol. The maximum Gasteiger partial charge on any atom is 0.308 e. The van der Waals surface area contributed by atoms with Crippen molar-refractivity contribution in [2.24, 2.45) is 11.8 Å². The Morgan fingerprint density at radius 1 is 1.50 bits per heavy atom. The maximum absolute atomic E-state index is 11.1. The smallest absolute Gasteiger partial charge is 0.308 e. The highest BCUT2D eigenvalue weighted by molar-refractivity contribution is 5.72. The largest absolute Gasteiger partial charge is 0.469 e. The van der Waals surface area contributed by atoms with Crippen molar-refractivity contribution in [1.29, 1.82) is 0 Å². The predicted molar refractivity (Wildman–Crippen MR) is 47.8 cm³/mol. The fourth-order valence-electron chi connectivity index (χ4n) is 2.13. The molecule has 0 aromatic rings. The van der Waals surface area contributed by atoms with E-state index < -0.39 is 0 Å². The van der Waals surface area contributed by atoms with E-state index in [4.69, 9.17) is 4.74 Å². The molecule has 2 heteroatoms. The number of rotatable bonds is 3. The summed E-state index contributed by atoms with van der Waals surface area (Å²) in [6, 6.07) is 0. The summed E-state index contributed by atoms with van der Waals surface area (Å²) in [5.41, 5.74) is 0. The molecule has 0 bridgehead atoms. The molecule has 0 heterocycles.